The molecule has 8 heteroatoms. The minimum Gasteiger partial charge on any atom is -0.478 e. The summed E-state index contributed by atoms with van der Waals surface area (Å²) in [6.45, 7) is 5.18. The molecule has 7 nitrogen and oxygen atoms in total. The first kappa shape index (κ1) is 18.4. The Balaban J connectivity index is 2.04. The first-order valence-electron chi connectivity index (χ1n) is 7.83. The van der Waals surface area contributed by atoms with E-state index in [9.17, 15) is 18.0 Å². The SMILES string of the molecule is CC(C)CC(=O)N1CCN(S(=O)(=O)c2ccc(C(=O)O)cc2)CC1. The molecule has 1 aromatic rings. The highest BCUT2D eigenvalue weighted by Gasteiger charge is 2.30. The smallest absolute Gasteiger partial charge is 0.335 e. The molecule has 0 spiro atoms. The van der Waals surface area contributed by atoms with Crippen LogP contribution in [0.1, 0.15) is 30.6 Å². The maximum atomic E-state index is 12.6. The Morgan fingerprint density at radius 2 is 1.62 bits per heavy atom. The Hall–Kier alpha value is -1.93. The van der Waals surface area contributed by atoms with Crippen LogP contribution in [-0.4, -0.2) is 60.8 Å². The van der Waals surface area contributed by atoms with Crippen LogP contribution in [0.2, 0.25) is 0 Å². The van der Waals surface area contributed by atoms with E-state index in [-0.39, 0.29) is 35.4 Å². The molecule has 0 unspecified atom stereocenters. The molecule has 1 saturated heterocycles. The molecule has 1 amide bonds. The van der Waals surface area contributed by atoms with Gasteiger partial charge in [-0.25, -0.2) is 13.2 Å². The number of amides is 1. The van der Waals surface area contributed by atoms with Crippen LogP contribution in [0.4, 0.5) is 0 Å². The molecule has 1 fully saturated rings. The van der Waals surface area contributed by atoms with Crippen LogP contribution in [0.25, 0.3) is 0 Å². The van der Waals surface area contributed by atoms with Crippen LogP contribution in [0, 0.1) is 5.92 Å². The zero-order valence-corrected chi connectivity index (χ0v) is 14.6. The van der Waals surface area contributed by atoms with E-state index in [1.807, 2.05) is 13.8 Å². The summed E-state index contributed by atoms with van der Waals surface area (Å²) in [4.78, 5) is 24.6. The zero-order valence-electron chi connectivity index (χ0n) is 13.8. The molecular formula is C16H22N2O5S. The second-order valence-electron chi connectivity index (χ2n) is 6.21. The zero-order chi connectivity index (χ0) is 17.9. The molecule has 132 valence electrons. The summed E-state index contributed by atoms with van der Waals surface area (Å²) in [5.41, 5.74) is 0.0399. The van der Waals surface area contributed by atoms with Crippen LogP contribution in [-0.2, 0) is 14.8 Å². The number of hydrogen-bond acceptors (Lipinski definition) is 4. The molecule has 0 bridgehead atoms. The van der Waals surface area contributed by atoms with Crippen molar-refractivity contribution in [3.05, 3.63) is 29.8 Å². The van der Waals surface area contributed by atoms with Crippen molar-refractivity contribution in [1.82, 2.24) is 9.21 Å². The third-order valence-electron chi connectivity index (χ3n) is 3.91. The average Bonchev–Trinajstić information content (AvgIpc) is 2.54. The Kier molecular flexibility index (Phi) is 5.61. The minimum absolute atomic E-state index is 0.0399. The van der Waals surface area contributed by atoms with Crippen LogP contribution >= 0.6 is 0 Å². The van der Waals surface area contributed by atoms with E-state index in [2.05, 4.69) is 0 Å². The Bertz CT molecular complexity index is 704. The highest BCUT2D eigenvalue weighted by molar-refractivity contribution is 7.89. The quantitative estimate of drug-likeness (QED) is 0.859. The van der Waals surface area contributed by atoms with E-state index in [0.717, 1.165) is 0 Å². The van der Waals surface area contributed by atoms with Crippen LogP contribution < -0.4 is 0 Å². The van der Waals surface area contributed by atoms with Crippen molar-refractivity contribution < 1.29 is 23.1 Å². The number of carbonyl (C=O) groups excluding carboxylic acids is 1. The molecule has 24 heavy (non-hydrogen) atoms. The molecule has 2 rings (SSSR count). The highest BCUT2D eigenvalue weighted by Crippen LogP contribution is 2.19. The van der Waals surface area contributed by atoms with Crippen molar-refractivity contribution in [3.63, 3.8) is 0 Å². The number of benzene rings is 1. The van der Waals surface area contributed by atoms with Crippen LogP contribution in [0.15, 0.2) is 29.2 Å². The second kappa shape index (κ2) is 7.31. The van der Waals surface area contributed by atoms with E-state index in [1.54, 1.807) is 4.90 Å². The normalized spacial score (nSPS) is 16.4. The first-order valence-corrected chi connectivity index (χ1v) is 9.27. The molecule has 1 heterocycles. The molecule has 1 aliphatic heterocycles. The van der Waals surface area contributed by atoms with E-state index >= 15 is 0 Å². The van der Waals surface area contributed by atoms with Gasteiger partial charge in [-0.2, -0.15) is 4.31 Å². The fourth-order valence-electron chi connectivity index (χ4n) is 2.57. The fraction of sp³-hybridized carbons (Fsp3) is 0.500. The summed E-state index contributed by atoms with van der Waals surface area (Å²) in [6, 6.07) is 5.15. The molecule has 0 atom stereocenters. The standard InChI is InChI=1S/C16H22N2O5S/c1-12(2)11-15(19)17-7-9-18(10-8-17)24(22,23)14-5-3-13(4-6-14)16(20)21/h3-6,12H,7-11H2,1-2H3,(H,20,21). The first-order chi connectivity index (χ1) is 11.2. The lowest BCUT2D eigenvalue weighted by atomic mass is 10.1. The van der Waals surface area contributed by atoms with Crippen molar-refractivity contribution in [1.29, 1.82) is 0 Å². The average molecular weight is 354 g/mol. The summed E-state index contributed by atoms with van der Waals surface area (Å²) in [6.07, 6.45) is 0.462. The predicted molar refractivity (Wildman–Crippen MR) is 88.2 cm³/mol. The minimum atomic E-state index is -3.67. The van der Waals surface area contributed by atoms with Gasteiger partial charge in [0.05, 0.1) is 10.5 Å². The monoisotopic (exact) mass is 354 g/mol. The van der Waals surface area contributed by atoms with Crippen molar-refractivity contribution in [2.24, 2.45) is 5.92 Å². The van der Waals surface area contributed by atoms with Gasteiger partial charge in [0.1, 0.15) is 0 Å². The second-order valence-corrected chi connectivity index (χ2v) is 8.15. The van der Waals surface area contributed by atoms with E-state index in [0.29, 0.717) is 19.5 Å². The number of rotatable bonds is 5. The number of nitrogens with zero attached hydrogens (tertiary/aromatic N) is 2. The Morgan fingerprint density at radius 1 is 1.08 bits per heavy atom. The molecule has 0 saturated carbocycles. The summed E-state index contributed by atoms with van der Waals surface area (Å²) in [5.74, 6) is -0.781. The van der Waals surface area contributed by atoms with Gasteiger partial charge in [0.15, 0.2) is 0 Å². The van der Waals surface area contributed by atoms with Gasteiger partial charge in [0, 0.05) is 32.6 Å². The van der Waals surface area contributed by atoms with E-state index in [1.165, 1.54) is 28.6 Å². The molecule has 0 aromatic heterocycles. The number of carboxylic acids is 1. The Labute approximate surface area is 141 Å². The van der Waals surface area contributed by atoms with Gasteiger partial charge in [-0.05, 0) is 30.2 Å². The lowest BCUT2D eigenvalue weighted by molar-refractivity contribution is -0.133. The Morgan fingerprint density at radius 3 is 2.08 bits per heavy atom. The molecule has 1 aliphatic rings. The summed E-state index contributed by atoms with van der Waals surface area (Å²) in [7, 11) is -3.67. The van der Waals surface area contributed by atoms with Gasteiger partial charge >= 0.3 is 5.97 Å². The maximum Gasteiger partial charge on any atom is 0.335 e. The summed E-state index contributed by atoms with van der Waals surface area (Å²) < 4.78 is 26.5. The highest BCUT2D eigenvalue weighted by atomic mass is 32.2. The summed E-state index contributed by atoms with van der Waals surface area (Å²) >= 11 is 0. The van der Waals surface area contributed by atoms with Crippen molar-refractivity contribution in [3.8, 4) is 0 Å². The topological polar surface area (TPSA) is 95.0 Å². The van der Waals surface area contributed by atoms with Crippen LogP contribution in [0.3, 0.4) is 0 Å². The third kappa shape index (κ3) is 4.12. The molecule has 0 aliphatic carbocycles. The molecule has 1 aromatic carbocycles. The fourth-order valence-corrected chi connectivity index (χ4v) is 4.00. The third-order valence-corrected chi connectivity index (χ3v) is 5.83. The van der Waals surface area contributed by atoms with Crippen molar-refractivity contribution in [2.75, 3.05) is 26.2 Å². The largest absolute Gasteiger partial charge is 0.478 e. The van der Waals surface area contributed by atoms with Gasteiger partial charge in [0.2, 0.25) is 15.9 Å². The molecular weight excluding hydrogens is 332 g/mol. The van der Waals surface area contributed by atoms with Crippen molar-refractivity contribution >= 4 is 21.9 Å². The van der Waals surface area contributed by atoms with E-state index in [4.69, 9.17) is 5.11 Å². The number of hydrogen-bond donors (Lipinski definition) is 1. The van der Waals surface area contributed by atoms with E-state index < -0.39 is 16.0 Å². The molecule has 0 radical (unpaired) electrons. The van der Waals surface area contributed by atoms with Crippen molar-refractivity contribution in [2.45, 2.75) is 25.2 Å². The maximum absolute atomic E-state index is 12.6. The van der Waals surface area contributed by atoms with Crippen LogP contribution in [0.5, 0.6) is 0 Å². The number of carboxylic acid groups (broad SMARTS) is 1. The van der Waals surface area contributed by atoms with Gasteiger partial charge in [-0.1, -0.05) is 13.8 Å². The molecule has 1 N–H and O–H groups in total. The van der Waals surface area contributed by atoms with Gasteiger partial charge in [-0.3, -0.25) is 4.79 Å². The lowest BCUT2D eigenvalue weighted by Gasteiger charge is -2.34. The lowest BCUT2D eigenvalue weighted by Crippen LogP contribution is -2.50. The van der Waals surface area contributed by atoms with Gasteiger partial charge < -0.3 is 10.0 Å². The number of carbonyl (C=O) groups is 2. The number of sulfonamides is 1. The van der Waals surface area contributed by atoms with Gasteiger partial charge in [-0.15, -0.1) is 0 Å². The predicted octanol–water partition coefficient (Wildman–Crippen LogP) is 1.26. The van der Waals surface area contributed by atoms with Gasteiger partial charge in [0.25, 0.3) is 0 Å². The number of piperazine rings is 1. The number of aromatic carboxylic acids is 1. The summed E-state index contributed by atoms with van der Waals surface area (Å²) in [5, 5.41) is 8.87.